The van der Waals surface area contributed by atoms with Crippen LogP contribution in [-0.2, 0) is 14.8 Å². The van der Waals surface area contributed by atoms with E-state index in [4.69, 9.17) is 10.00 Å². The Kier molecular flexibility index (Phi) is 7.90. The number of hydrogen-bond donors (Lipinski definition) is 2. The molecular weight excluding hydrogens is 324 g/mol. The lowest BCUT2D eigenvalue weighted by Gasteiger charge is -2.07. The van der Waals surface area contributed by atoms with Gasteiger partial charge in [-0.05, 0) is 36.9 Å². The van der Waals surface area contributed by atoms with E-state index in [9.17, 15) is 8.42 Å². The van der Waals surface area contributed by atoms with Crippen LogP contribution >= 0.6 is 11.8 Å². The molecule has 0 radical (unpaired) electrons. The molecule has 0 bridgehead atoms. The van der Waals surface area contributed by atoms with Crippen LogP contribution in [0.25, 0.3) is 0 Å². The quantitative estimate of drug-likeness (QED) is 0.255. The van der Waals surface area contributed by atoms with Crippen molar-refractivity contribution in [2.75, 3.05) is 26.5 Å². The van der Waals surface area contributed by atoms with Crippen molar-refractivity contribution < 1.29 is 13.2 Å². The number of rotatable bonds is 7. The molecular formula is C13H18N4O3S2. The number of thioether (sulfide) groups is 1. The summed E-state index contributed by atoms with van der Waals surface area (Å²) in [7, 11) is -1.96. The zero-order chi connectivity index (χ0) is 16.4. The second kappa shape index (κ2) is 9.42. The molecule has 0 unspecified atom stereocenters. The third-order valence-electron chi connectivity index (χ3n) is 2.55. The first-order chi connectivity index (χ1) is 10.5. The number of methoxy groups -OCH3 is 1. The van der Waals surface area contributed by atoms with Gasteiger partial charge in [-0.3, -0.25) is 5.32 Å². The minimum absolute atomic E-state index is 0.169. The van der Waals surface area contributed by atoms with Crippen LogP contribution < -0.4 is 10.0 Å². The van der Waals surface area contributed by atoms with Crippen LogP contribution in [0.3, 0.4) is 0 Å². The molecule has 1 rings (SSSR count). The fourth-order valence-electron chi connectivity index (χ4n) is 1.50. The van der Waals surface area contributed by atoms with Crippen LogP contribution in [0.15, 0.2) is 34.2 Å². The van der Waals surface area contributed by atoms with E-state index in [2.05, 4.69) is 15.0 Å². The standard InChI is InChI=1S/C13H18N4O3S2/c1-20-9-3-8-16-22(18,19)12-6-4-11(5-7-12)17-13(21-2)15-10-14/h4-7,16H,3,8-9H2,1-2H3,(H,15,17). The van der Waals surface area contributed by atoms with E-state index >= 15 is 0 Å². The molecule has 0 aliphatic heterocycles. The van der Waals surface area contributed by atoms with Gasteiger partial charge in [0.15, 0.2) is 11.4 Å². The first-order valence-electron chi connectivity index (χ1n) is 6.40. The summed E-state index contributed by atoms with van der Waals surface area (Å²) in [4.78, 5) is 4.36. The van der Waals surface area contributed by atoms with Crippen LogP contribution in [0.2, 0.25) is 0 Å². The average molecular weight is 342 g/mol. The van der Waals surface area contributed by atoms with Crippen LogP contribution in [0, 0.1) is 11.5 Å². The highest BCUT2D eigenvalue weighted by Gasteiger charge is 2.12. The van der Waals surface area contributed by atoms with Crippen LogP contribution in [-0.4, -0.2) is 40.1 Å². The molecule has 1 aromatic carbocycles. The number of ether oxygens (including phenoxy) is 1. The molecule has 0 saturated heterocycles. The van der Waals surface area contributed by atoms with E-state index in [-0.39, 0.29) is 4.90 Å². The number of nitrogens with zero attached hydrogens (tertiary/aromatic N) is 2. The molecule has 0 amide bonds. The first-order valence-corrected chi connectivity index (χ1v) is 9.10. The van der Waals surface area contributed by atoms with Gasteiger partial charge in [-0.15, -0.1) is 0 Å². The Morgan fingerprint density at radius 1 is 1.41 bits per heavy atom. The van der Waals surface area contributed by atoms with E-state index in [0.29, 0.717) is 30.4 Å². The Morgan fingerprint density at radius 3 is 2.64 bits per heavy atom. The van der Waals surface area contributed by atoms with Crippen LogP contribution in [0.1, 0.15) is 6.42 Å². The predicted octanol–water partition coefficient (Wildman–Crippen LogP) is 1.42. The minimum atomic E-state index is -3.53. The van der Waals surface area contributed by atoms with Crippen LogP contribution in [0.4, 0.5) is 5.69 Å². The van der Waals surface area contributed by atoms with Crippen molar-refractivity contribution in [1.82, 2.24) is 10.0 Å². The zero-order valence-electron chi connectivity index (χ0n) is 12.4. The lowest BCUT2D eigenvalue weighted by molar-refractivity contribution is 0.196. The lowest BCUT2D eigenvalue weighted by atomic mass is 10.3. The van der Waals surface area contributed by atoms with Crippen molar-refractivity contribution in [2.45, 2.75) is 11.3 Å². The topological polar surface area (TPSA) is 104 Å². The van der Waals surface area contributed by atoms with Crippen LogP contribution in [0.5, 0.6) is 0 Å². The highest BCUT2D eigenvalue weighted by atomic mass is 32.2. The highest BCUT2D eigenvalue weighted by molar-refractivity contribution is 8.13. The van der Waals surface area contributed by atoms with Crippen molar-refractivity contribution in [3.63, 3.8) is 0 Å². The maximum Gasteiger partial charge on any atom is 0.240 e. The molecule has 0 aromatic heterocycles. The Balaban J connectivity index is 2.77. The third-order valence-corrected chi connectivity index (χ3v) is 4.61. The molecule has 0 aliphatic rings. The third kappa shape index (κ3) is 6.03. The highest BCUT2D eigenvalue weighted by Crippen LogP contribution is 2.17. The molecule has 0 spiro atoms. The Hall–Kier alpha value is -1.60. The first kappa shape index (κ1) is 18.4. The molecule has 0 saturated carbocycles. The number of nitrogens with one attached hydrogen (secondary N) is 2. The van der Waals surface area contributed by atoms with Crippen molar-refractivity contribution in [2.24, 2.45) is 4.99 Å². The smallest absolute Gasteiger partial charge is 0.240 e. The second-order valence-corrected chi connectivity index (χ2v) is 6.66. The molecule has 120 valence electrons. The van der Waals surface area contributed by atoms with E-state index in [0.717, 1.165) is 0 Å². The number of hydrogen-bond acceptors (Lipinski definition) is 6. The summed E-state index contributed by atoms with van der Waals surface area (Å²) >= 11 is 1.29. The van der Waals surface area contributed by atoms with E-state index in [1.165, 1.54) is 23.9 Å². The van der Waals surface area contributed by atoms with Gasteiger partial charge in [0.2, 0.25) is 10.0 Å². The molecule has 0 heterocycles. The number of benzene rings is 1. The van der Waals surface area contributed by atoms with E-state index in [1.807, 2.05) is 0 Å². The predicted molar refractivity (Wildman–Crippen MR) is 87.5 cm³/mol. The summed E-state index contributed by atoms with van der Waals surface area (Å²) in [5, 5.41) is 11.4. The van der Waals surface area contributed by atoms with Crippen molar-refractivity contribution in [3.05, 3.63) is 24.3 Å². The summed E-state index contributed by atoms with van der Waals surface area (Å²) in [6.45, 7) is 0.818. The number of amidine groups is 1. The van der Waals surface area contributed by atoms with Crippen molar-refractivity contribution >= 4 is 32.6 Å². The van der Waals surface area contributed by atoms with Gasteiger partial charge in [-0.2, -0.15) is 5.26 Å². The zero-order valence-corrected chi connectivity index (χ0v) is 14.0. The summed E-state index contributed by atoms with van der Waals surface area (Å²) in [5.41, 5.74) is 0.561. The monoisotopic (exact) mass is 342 g/mol. The number of sulfonamides is 1. The normalized spacial score (nSPS) is 12.0. The molecule has 9 heteroatoms. The summed E-state index contributed by atoms with van der Waals surface area (Å²) in [6.07, 6.45) is 4.18. The van der Waals surface area contributed by atoms with Gasteiger partial charge in [-0.1, -0.05) is 11.8 Å². The van der Waals surface area contributed by atoms with Gasteiger partial charge in [0.1, 0.15) is 0 Å². The van der Waals surface area contributed by atoms with Gasteiger partial charge in [-0.25, -0.2) is 18.1 Å². The fraction of sp³-hybridized carbons (Fsp3) is 0.385. The van der Waals surface area contributed by atoms with E-state index < -0.39 is 10.0 Å². The van der Waals surface area contributed by atoms with Gasteiger partial charge in [0, 0.05) is 20.3 Å². The molecule has 0 fully saturated rings. The van der Waals surface area contributed by atoms with Crippen molar-refractivity contribution in [1.29, 1.82) is 5.26 Å². The summed E-state index contributed by atoms with van der Waals surface area (Å²) in [5.74, 6) is 0. The minimum Gasteiger partial charge on any atom is -0.385 e. The Labute approximate surface area is 134 Å². The van der Waals surface area contributed by atoms with Gasteiger partial charge < -0.3 is 4.74 Å². The molecule has 1 aromatic rings. The fourth-order valence-corrected chi connectivity index (χ4v) is 2.91. The molecule has 22 heavy (non-hydrogen) atoms. The maximum atomic E-state index is 12.0. The lowest BCUT2D eigenvalue weighted by Crippen LogP contribution is -2.25. The molecule has 0 aliphatic carbocycles. The SMILES string of the molecule is COCCCNS(=O)(=O)c1ccc(N=C(NC#N)SC)cc1. The maximum absolute atomic E-state index is 12.0. The summed E-state index contributed by atoms with van der Waals surface area (Å²) in [6, 6.07) is 6.11. The van der Waals surface area contributed by atoms with Gasteiger partial charge >= 0.3 is 0 Å². The second-order valence-electron chi connectivity index (χ2n) is 4.10. The van der Waals surface area contributed by atoms with E-state index in [1.54, 1.807) is 31.7 Å². The van der Waals surface area contributed by atoms with Crippen molar-refractivity contribution in [3.8, 4) is 6.19 Å². The average Bonchev–Trinajstić information content (AvgIpc) is 2.51. The summed E-state index contributed by atoms with van der Waals surface area (Å²) < 4.78 is 31.4. The molecule has 7 nitrogen and oxygen atoms in total. The number of nitriles is 1. The number of aliphatic imine (C=N–C) groups is 1. The molecule has 0 atom stereocenters. The Morgan fingerprint density at radius 2 is 2.09 bits per heavy atom. The van der Waals surface area contributed by atoms with Gasteiger partial charge in [0.05, 0.1) is 10.6 Å². The Bertz CT molecular complexity index is 636. The molecule has 2 N–H and O–H groups in total. The van der Waals surface area contributed by atoms with Gasteiger partial charge in [0.25, 0.3) is 0 Å². The largest absolute Gasteiger partial charge is 0.385 e.